The van der Waals surface area contributed by atoms with Crippen molar-refractivity contribution in [1.82, 2.24) is 15.1 Å². The number of hydrogen-bond donors (Lipinski definition) is 3. The summed E-state index contributed by atoms with van der Waals surface area (Å²) in [6.45, 7) is 4.78. The van der Waals surface area contributed by atoms with Gasteiger partial charge in [0.1, 0.15) is 12.6 Å². The first-order valence-corrected chi connectivity index (χ1v) is 12.3. The minimum absolute atomic E-state index is 0.0863. The summed E-state index contributed by atoms with van der Waals surface area (Å²) in [6.07, 6.45) is 0.477. The van der Waals surface area contributed by atoms with Gasteiger partial charge in [-0.25, -0.2) is 4.79 Å². The van der Waals surface area contributed by atoms with Gasteiger partial charge in [-0.1, -0.05) is 80.9 Å². The number of carboxylic acid groups (broad SMARTS) is 1. The summed E-state index contributed by atoms with van der Waals surface area (Å²) in [5.74, 6) is -2.96. The van der Waals surface area contributed by atoms with Crippen LogP contribution in [-0.4, -0.2) is 68.4 Å². The minimum Gasteiger partial charge on any atom is -0.479 e. The van der Waals surface area contributed by atoms with Crippen LogP contribution in [0.1, 0.15) is 38.3 Å². The van der Waals surface area contributed by atoms with E-state index in [4.69, 9.17) is 0 Å². The predicted molar refractivity (Wildman–Crippen MR) is 138 cm³/mol. The van der Waals surface area contributed by atoms with Crippen LogP contribution < -0.4 is 5.32 Å². The Morgan fingerprint density at radius 1 is 1.03 bits per heavy atom. The number of amides is 3. The lowest BCUT2D eigenvalue weighted by Crippen LogP contribution is -2.57. The Hall–Kier alpha value is -3.98. The van der Waals surface area contributed by atoms with E-state index >= 15 is 0 Å². The van der Waals surface area contributed by atoms with Crippen LogP contribution in [0.3, 0.4) is 0 Å². The number of benzene rings is 2. The van der Waals surface area contributed by atoms with Crippen molar-refractivity contribution < 1.29 is 29.4 Å². The number of rotatable bonds is 10. The predicted octanol–water partition coefficient (Wildman–Crippen LogP) is 2.26. The number of nitrogens with zero attached hydrogens (tertiary/aromatic N) is 2. The quantitative estimate of drug-likeness (QED) is 0.453. The summed E-state index contributed by atoms with van der Waals surface area (Å²) in [6, 6.07) is 15.9. The molecule has 0 saturated heterocycles. The molecule has 0 saturated carbocycles. The molecule has 3 amide bonds. The molecule has 37 heavy (non-hydrogen) atoms. The first-order chi connectivity index (χ1) is 17.6. The zero-order chi connectivity index (χ0) is 27.1. The van der Waals surface area contributed by atoms with E-state index in [0.717, 1.165) is 5.56 Å². The first kappa shape index (κ1) is 27.6. The molecule has 0 spiro atoms. The minimum atomic E-state index is -1.84. The zero-order valence-corrected chi connectivity index (χ0v) is 21.2. The third kappa shape index (κ3) is 6.62. The fourth-order valence-electron chi connectivity index (χ4n) is 4.39. The van der Waals surface area contributed by atoms with Crippen LogP contribution in [-0.2, 0) is 25.6 Å². The first-order valence-electron chi connectivity index (χ1n) is 12.3. The Labute approximate surface area is 216 Å². The maximum Gasteiger partial charge on any atom is 0.334 e. The van der Waals surface area contributed by atoms with Crippen molar-refractivity contribution in [2.24, 2.45) is 5.92 Å². The van der Waals surface area contributed by atoms with Gasteiger partial charge in [0.05, 0.1) is 11.7 Å². The number of aliphatic carboxylic acids is 1. The summed E-state index contributed by atoms with van der Waals surface area (Å²) in [5, 5.41) is 22.3. The van der Waals surface area contributed by atoms with Gasteiger partial charge in [-0.15, -0.1) is 0 Å². The Morgan fingerprint density at radius 3 is 2.16 bits per heavy atom. The van der Waals surface area contributed by atoms with Crippen LogP contribution in [0.4, 0.5) is 0 Å². The van der Waals surface area contributed by atoms with E-state index < -0.39 is 42.5 Å². The maximum absolute atomic E-state index is 13.7. The number of carboxylic acids is 1. The van der Waals surface area contributed by atoms with Gasteiger partial charge >= 0.3 is 5.97 Å². The number of nitrogens with one attached hydrogen (secondary N) is 1. The monoisotopic (exact) mass is 507 g/mol. The molecule has 0 aliphatic carbocycles. The number of aliphatic hydroxyl groups excluding tert-OH is 1. The number of carbonyl (C=O) groups excluding carboxylic acids is 3. The molecule has 0 aromatic heterocycles. The van der Waals surface area contributed by atoms with Crippen molar-refractivity contribution in [3.8, 4) is 0 Å². The van der Waals surface area contributed by atoms with E-state index in [1.54, 1.807) is 54.7 Å². The van der Waals surface area contributed by atoms with Crippen LogP contribution in [0.15, 0.2) is 66.9 Å². The second-order valence-electron chi connectivity index (χ2n) is 9.21. The zero-order valence-electron chi connectivity index (χ0n) is 21.2. The van der Waals surface area contributed by atoms with Crippen molar-refractivity contribution in [3.63, 3.8) is 0 Å². The van der Waals surface area contributed by atoms with Crippen molar-refractivity contribution in [3.05, 3.63) is 78.0 Å². The topological polar surface area (TPSA) is 127 Å². The SMILES string of the molecule is CCC(C)C1C(=O)N(CC(=O)N[C@@H](Cc2ccccc2)C(O)C(=O)O)C(c2ccccc2)=CN1C(C)=O. The largest absolute Gasteiger partial charge is 0.479 e. The lowest BCUT2D eigenvalue weighted by molar-refractivity contribution is -0.149. The smallest absolute Gasteiger partial charge is 0.334 e. The van der Waals surface area contributed by atoms with E-state index in [9.17, 15) is 29.4 Å². The highest BCUT2D eigenvalue weighted by atomic mass is 16.4. The van der Waals surface area contributed by atoms with Gasteiger partial charge in [0.15, 0.2) is 6.10 Å². The van der Waals surface area contributed by atoms with Crippen molar-refractivity contribution in [2.45, 2.75) is 51.8 Å². The van der Waals surface area contributed by atoms with Gasteiger partial charge in [0.25, 0.3) is 5.91 Å². The summed E-state index contributed by atoms with van der Waals surface area (Å²) >= 11 is 0. The third-order valence-electron chi connectivity index (χ3n) is 6.57. The van der Waals surface area contributed by atoms with Crippen molar-refractivity contribution in [2.75, 3.05) is 6.54 Å². The van der Waals surface area contributed by atoms with Crippen LogP contribution in [0, 0.1) is 5.92 Å². The summed E-state index contributed by atoms with van der Waals surface area (Å²) in [7, 11) is 0. The standard InChI is InChI=1S/C28H33N3O6/c1-4-18(2)25-27(35)31(23(16-30(25)19(3)32)21-13-9-6-10-14-21)17-24(33)29-22(26(34)28(36)37)15-20-11-7-5-8-12-20/h5-14,16,18,22,25-26,34H,4,15,17H2,1-3H3,(H,29,33)(H,36,37)/t18?,22-,25?,26?/m0/s1. The van der Waals surface area contributed by atoms with Crippen molar-refractivity contribution in [1.29, 1.82) is 0 Å². The molecule has 0 bridgehead atoms. The molecule has 0 radical (unpaired) electrons. The Bertz CT molecular complexity index is 1150. The van der Waals surface area contributed by atoms with E-state index in [-0.39, 0.29) is 18.2 Å². The lowest BCUT2D eigenvalue weighted by atomic mass is 9.93. The number of hydrogen-bond acceptors (Lipinski definition) is 5. The Kier molecular flexibility index (Phi) is 9.19. The van der Waals surface area contributed by atoms with E-state index in [1.165, 1.54) is 16.7 Å². The maximum atomic E-state index is 13.7. The fourth-order valence-corrected chi connectivity index (χ4v) is 4.39. The van der Waals surface area contributed by atoms with Crippen LogP contribution in [0.5, 0.6) is 0 Å². The molecular weight excluding hydrogens is 474 g/mol. The van der Waals surface area contributed by atoms with Gasteiger partial charge in [0, 0.05) is 13.1 Å². The molecule has 9 heteroatoms. The summed E-state index contributed by atoms with van der Waals surface area (Å²) < 4.78 is 0. The molecule has 9 nitrogen and oxygen atoms in total. The molecule has 4 atom stereocenters. The molecular formula is C28H33N3O6. The summed E-state index contributed by atoms with van der Waals surface area (Å²) in [4.78, 5) is 53.7. The molecule has 3 unspecified atom stereocenters. The van der Waals surface area contributed by atoms with Crippen LogP contribution >= 0.6 is 0 Å². The molecule has 2 aromatic carbocycles. The second kappa shape index (κ2) is 12.3. The Morgan fingerprint density at radius 2 is 1.62 bits per heavy atom. The highest BCUT2D eigenvalue weighted by Gasteiger charge is 2.41. The van der Waals surface area contributed by atoms with Crippen LogP contribution in [0.2, 0.25) is 0 Å². The van der Waals surface area contributed by atoms with Gasteiger partial charge < -0.3 is 20.4 Å². The van der Waals surface area contributed by atoms with Gasteiger partial charge in [-0.2, -0.15) is 0 Å². The molecule has 1 aliphatic rings. The van der Waals surface area contributed by atoms with Gasteiger partial charge in [-0.3, -0.25) is 19.3 Å². The van der Waals surface area contributed by atoms with E-state index in [2.05, 4.69) is 5.32 Å². The molecule has 3 rings (SSSR count). The molecule has 1 heterocycles. The van der Waals surface area contributed by atoms with Crippen molar-refractivity contribution >= 4 is 29.4 Å². The average molecular weight is 508 g/mol. The molecule has 0 fully saturated rings. The normalized spacial score (nSPS) is 18.0. The van der Waals surface area contributed by atoms with Gasteiger partial charge in [-0.05, 0) is 23.5 Å². The number of aliphatic hydroxyl groups is 1. The lowest BCUT2D eigenvalue weighted by Gasteiger charge is -2.41. The van der Waals surface area contributed by atoms with Gasteiger partial charge in [0.2, 0.25) is 11.8 Å². The summed E-state index contributed by atoms with van der Waals surface area (Å²) in [5.41, 5.74) is 1.76. The molecule has 1 aliphatic heterocycles. The fraction of sp³-hybridized carbons (Fsp3) is 0.357. The highest BCUT2D eigenvalue weighted by molar-refractivity contribution is 5.99. The number of carbonyl (C=O) groups is 4. The van der Waals surface area contributed by atoms with Crippen LogP contribution in [0.25, 0.3) is 5.70 Å². The molecule has 2 aromatic rings. The molecule has 3 N–H and O–H groups in total. The van der Waals surface area contributed by atoms with E-state index in [1.807, 2.05) is 26.0 Å². The van der Waals surface area contributed by atoms with E-state index in [0.29, 0.717) is 17.7 Å². The second-order valence-corrected chi connectivity index (χ2v) is 9.21. The Balaban J connectivity index is 1.93. The highest BCUT2D eigenvalue weighted by Crippen LogP contribution is 2.31. The molecule has 196 valence electrons. The average Bonchev–Trinajstić information content (AvgIpc) is 2.89. The third-order valence-corrected chi connectivity index (χ3v) is 6.57.